The maximum absolute atomic E-state index is 13.9. The zero-order chi connectivity index (χ0) is 24.3. The summed E-state index contributed by atoms with van der Waals surface area (Å²) in [6, 6.07) is 9.81. The fourth-order valence-corrected chi connectivity index (χ4v) is 3.84. The molecule has 1 aliphatic rings. The SMILES string of the molecule is Cc1c(O)cccc1C(=O)N[C@@H](Cc1ccccc1)[C@H](O)C(=O)N1CC(F)(F)C[C@H]1C(=O)O. The summed E-state index contributed by atoms with van der Waals surface area (Å²) >= 11 is 0. The summed E-state index contributed by atoms with van der Waals surface area (Å²) in [5.41, 5.74) is 1.02. The number of alkyl halides is 2. The van der Waals surface area contributed by atoms with Gasteiger partial charge in [-0.1, -0.05) is 36.4 Å². The summed E-state index contributed by atoms with van der Waals surface area (Å²) in [5, 5.41) is 32.5. The average Bonchev–Trinajstić information content (AvgIpc) is 3.10. The number of nitrogens with zero attached hydrogens (tertiary/aromatic N) is 1. The van der Waals surface area contributed by atoms with E-state index in [0.717, 1.165) is 0 Å². The largest absolute Gasteiger partial charge is 0.508 e. The maximum atomic E-state index is 13.9. The van der Waals surface area contributed by atoms with Gasteiger partial charge in [0.1, 0.15) is 11.8 Å². The number of aliphatic hydroxyl groups is 1. The molecule has 10 heteroatoms. The quantitative estimate of drug-likeness (QED) is 0.496. The Hall–Kier alpha value is -3.53. The van der Waals surface area contributed by atoms with E-state index in [4.69, 9.17) is 0 Å². The Morgan fingerprint density at radius 2 is 1.82 bits per heavy atom. The molecule has 0 aliphatic carbocycles. The standard InChI is InChI=1S/C23H24F2N2O6/c1-13-15(8-5-9-18(13)28)20(30)26-16(10-14-6-3-2-4-7-14)19(29)21(31)27-12-23(24,25)11-17(27)22(32)33/h2-9,16-17,19,28-29H,10-12H2,1H3,(H,26,30)(H,32,33)/t16-,17-,19-/m0/s1. The van der Waals surface area contributed by atoms with Crippen molar-refractivity contribution in [2.75, 3.05) is 6.54 Å². The number of aliphatic hydroxyl groups excluding tert-OH is 1. The fourth-order valence-electron chi connectivity index (χ4n) is 3.84. The summed E-state index contributed by atoms with van der Waals surface area (Å²) < 4.78 is 27.7. The van der Waals surface area contributed by atoms with E-state index in [1.807, 2.05) is 0 Å². The maximum Gasteiger partial charge on any atom is 0.326 e. The van der Waals surface area contributed by atoms with Crippen molar-refractivity contribution >= 4 is 17.8 Å². The van der Waals surface area contributed by atoms with Crippen LogP contribution in [-0.4, -0.2) is 68.7 Å². The lowest BCUT2D eigenvalue weighted by atomic mass is 9.98. The molecule has 1 saturated heterocycles. The van der Waals surface area contributed by atoms with Gasteiger partial charge in [0.2, 0.25) is 0 Å². The van der Waals surface area contributed by atoms with Crippen LogP contribution in [0.5, 0.6) is 5.75 Å². The van der Waals surface area contributed by atoms with Crippen LogP contribution in [-0.2, 0) is 16.0 Å². The van der Waals surface area contributed by atoms with E-state index < -0.39 is 54.9 Å². The van der Waals surface area contributed by atoms with Crippen LogP contribution in [0, 0.1) is 6.92 Å². The minimum atomic E-state index is -3.41. The minimum absolute atomic E-state index is 0.0285. The monoisotopic (exact) mass is 462 g/mol. The number of benzene rings is 2. The normalized spacial score (nSPS) is 19.0. The van der Waals surface area contributed by atoms with Gasteiger partial charge in [0.15, 0.2) is 6.10 Å². The van der Waals surface area contributed by atoms with E-state index in [-0.39, 0.29) is 23.3 Å². The third-order valence-electron chi connectivity index (χ3n) is 5.64. The van der Waals surface area contributed by atoms with Gasteiger partial charge in [-0.15, -0.1) is 0 Å². The second kappa shape index (κ2) is 9.53. The lowest BCUT2D eigenvalue weighted by Crippen LogP contribution is -2.54. The fraction of sp³-hybridized carbons (Fsp3) is 0.348. The number of aliphatic carboxylic acids is 1. The molecule has 1 heterocycles. The number of nitrogens with one attached hydrogen (secondary N) is 1. The molecule has 0 radical (unpaired) electrons. The predicted octanol–water partition coefficient (Wildman–Crippen LogP) is 1.72. The number of hydrogen-bond acceptors (Lipinski definition) is 5. The zero-order valence-electron chi connectivity index (χ0n) is 17.7. The van der Waals surface area contributed by atoms with Crippen LogP contribution in [0.15, 0.2) is 48.5 Å². The molecule has 1 aliphatic heterocycles. The van der Waals surface area contributed by atoms with Gasteiger partial charge in [-0.2, -0.15) is 0 Å². The Morgan fingerprint density at radius 3 is 2.45 bits per heavy atom. The summed E-state index contributed by atoms with van der Waals surface area (Å²) in [7, 11) is 0. The molecule has 2 amide bonds. The molecule has 8 nitrogen and oxygen atoms in total. The van der Waals surface area contributed by atoms with Crippen molar-refractivity contribution in [1.29, 1.82) is 0 Å². The van der Waals surface area contributed by atoms with Crippen LogP contribution >= 0.6 is 0 Å². The van der Waals surface area contributed by atoms with E-state index in [0.29, 0.717) is 10.5 Å². The lowest BCUT2D eigenvalue weighted by molar-refractivity contribution is -0.152. The van der Waals surface area contributed by atoms with E-state index in [2.05, 4.69) is 5.32 Å². The summed E-state index contributed by atoms with van der Waals surface area (Å²) in [5.74, 6) is -7.05. The highest BCUT2D eigenvalue weighted by atomic mass is 19.3. The molecule has 0 aromatic heterocycles. The van der Waals surface area contributed by atoms with Gasteiger partial charge < -0.3 is 25.5 Å². The summed E-state index contributed by atoms with van der Waals surface area (Å²) in [4.78, 5) is 37.6. The molecular formula is C23H24F2N2O6. The molecule has 2 aromatic rings. The third kappa shape index (κ3) is 5.46. The molecule has 3 rings (SSSR count). The number of likely N-dealkylation sites (tertiary alicyclic amines) is 1. The van der Waals surface area contributed by atoms with Crippen LogP contribution in [0.3, 0.4) is 0 Å². The first-order valence-corrected chi connectivity index (χ1v) is 10.2. The number of phenolic OH excluding ortho intramolecular Hbond substituents is 1. The van der Waals surface area contributed by atoms with Gasteiger partial charge in [0.25, 0.3) is 17.7 Å². The Morgan fingerprint density at radius 1 is 1.15 bits per heavy atom. The molecule has 0 spiro atoms. The second-order valence-corrected chi connectivity index (χ2v) is 8.04. The number of hydrogen-bond donors (Lipinski definition) is 4. The molecule has 4 N–H and O–H groups in total. The van der Waals surface area contributed by atoms with Crippen LogP contribution < -0.4 is 5.32 Å². The van der Waals surface area contributed by atoms with E-state index in [1.54, 1.807) is 30.3 Å². The van der Waals surface area contributed by atoms with E-state index >= 15 is 0 Å². The smallest absolute Gasteiger partial charge is 0.326 e. The zero-order valence-corrected chi connectivity index (χ0v) is 17.7. The van der Waals surface area contributed by atoms with Crippen LogP contribution in [0.1, 0.15) is 27.9 Å². The van der Waals surface area contributed by atoms with Gasteiger partial charge in [0.05, 0.1) is 12.6 Å². The Bertz CT molecular complexity index is 1050. The highest BCUT2D eigenvalue weighted by molar-refractivity contribution is 5.97. The predicted molar refractivity (Wildman–Crippen MR) is 113 cm³/mol. The van der Waals surface area contributed by atoms with Crippen molar-refractivity contribution in [3.63, 3.8) is 0 Å². The van der Waals surface area contributed by atoms with Crippen LogP contribution in [0.2, 0.25) is 0 Å². The number of rotatable bonds is 7. The number of halogens is 2. The summed E-state index contributed by atoms with van der Waals surface area (Å²) in [6.07, 6.45) is -3.07. The number of amides is 2. The van der Waals surface area contributed by atoms with Gasteiger partial charge in [-0.25, -0.2) is 13.6 Å². The third-order valence-corrected chi connectivity index (χ3v) is 5.64. The number of carbonyl (C=O) groups excluding carboxylic acids is 2. The highest BCUT2D eigenvalue weighted by Gasteiger charge is 2.51. The van der Waals surface area contributed by atoms with Crippen molar-refractivity contribution in [2.45, 2.75) is 43.9 Å². The van der Waals surface area contributed by atoms with Crippen molar-refractivity contribution < 1.29 is 38.5 Å². The molecule has 0 bridgehead atoms. The Labute approximate surface area is 188 Å². The first kappa shape index (κ1) is 24.1. The number of phenols is 1. The van der Waals surface area contributed by atoms with Crippen LogP contribution in [0.4, 0.5) is 8.78 Å². The topological polar surface area (TPSA) is 127 Å². The van der Waals surface area contributed by atoms with Gasteiger partial charge in [-0.3, -0.25) is 9.59 Å². The van der Waals surface area contributed by atoms with E-state index in [9.17, 15) is 38.5 Å². The molecule has 3 atom stereocenters. The molecule has 1 fully saturated rings. The molecule has 33 heavy (non-hydrogen) atoms. The van der Waals surface area contributed by atoms with Crippen molar-refractivity contribution in [1.82, 2.24) is 10.2 Å². The molecule has 176 valence electrons. The first-order valence-electron chi connectivity index (χ1n) is 10.2. The highest BCUT2D eigenvalue weighted by Crippen LogP contribution is 2.33. The minimum Gasteiger partial charge on any atom is -0.508 e. The Kier molecular flexibility index (Phi) is 6.97. The van der Waals surface area contributed by atoms with E-state index in [1.165, 1.54) is 25.1 Å². The number of carboxylic acids is 1. The number of aromatic hydroxyl groups is 1. The first-order chi connectivity index (χ1) is 15.5. The van der Waals surface area contributed by atoms with Crippen molar-refractivity contribution in [2.24, 2.45) is 0 Å². The van der Waals surface area contributed by atoms with Gasteiger partial charge in [0, 0.05) is 17.5 Å². The number of carboxylic acid groups (broad SMARTS) is 1. The molecule has 2 aromatic carbocycles. The van der Waals surface area contributed by atoms with Crippen molar-refractivity contribution in [3.8, 4) is 5.75 Å². The number of carbonyl (C=O) groups is 3. The Balaban J connectivity index is 1.88. The van der Waals surface area contributed by atoms with Gasteiger partial charge >= 0.3 is 5.97 Å². The second-order valence-electron chi connectivity index (χ2n) is 8.04. The lowest BCUT2D eigenvalue weighted by Gasteiger charge is -2.29. The van der Waals surface area contributed by atoms with Crippen LogP contribution in [0.25, 0.3) is 0 Å². The molecular weight excluding hydrogens is 438 g/mol. The molecule has 0 unspecified atom stereocenters. The average molecular weight is 462 g/mol. The summed E-state index contributed by atoms with van der Waals surface area (Å²) in [6.45, 7) is 0.374. The molecule has 0 saturated carbocycles. The van der Waals surface area contributed by atoms with Gasteiger partial charge in [-0.05, 0) is 31.0 Å². The van der Waals surface area contributed by atoms with Crippen molar-refractivity contribution in [3.05, 3.63) is 65.2 Å².